The number of rotatable bonds is 5. The standard InChI is InChI=1S/C14H21BrClFN2O/c1-5-20-13(14(2,3)4)12(19-18)8-6-7-9(15)10(16)11(8)17/h6-7,12-13,19H,5,18H2,1-4H3. The molecule has 0 fully saturated rings. The first-order valence-corrected chi connectivity index (χ1v) is 7.62. The van der Waals surface area contributed by atoms with Crippen LogP contribution in [0.3, 0.4) is 0 Å². The Morgan fingerprint density at radius 2 is 2.05 bits per heavy atom. The summed E-state index contributed by atoms with van der Waals surface area (Å²) in [7, 11) is 0. The Kier molecular flexibility index (Phi) is 6.41. The van der Waals surface area contributed by atoms with E-state index in [-0.39, 0.29) is 16.5 Å². The summed E-state index contributed by atoms with van der Waals surface area (Å²) in [6, 6.07) is 2.88. The predicted octanol–water partition coefficient (Wildman–Crippen LogP) is 4.20. The van der Waals surface area contributed by atoms with Gasteiger partial charge >= 0.3 is 0 Å². The van der Waals surface area contributed by atoms with E-state index in [9.17, 15) is 4.39 Å². The normalized spacial score (nSPS) is 15.2. The molecule has 0 amide bonds. The number of hydrazine groups is 1. The first kappa shape index (κ1) is 17.9. The summed E-state index contributed by atoms with van der Waals surface area (Å²) >= 11 is 9.15. The van der Waals surface area contributed by atoms with Crippen molar-refractivity contribution in [1.29, 1.82) is 0 Å². The van der Waals surface area contributed by atoms with Crippen molar-refractivity contribution in [2.24, 2.45) is 11.3 Å². The largest absolute Gasteiger partial charge is 0.376 e. The Labute approximate surface area is 133 Å². The van der Waals surface area contributed by atoms with Gasteiger partial charge in [-0.15, -0.1) is 0 Å². The predicted molar refractivity (Wildman–Crippen MR) is 84.0 cm³/mol. The Balaban J connectivity index is 3.27. The minimum Gasteiger partial charge on any atom is -0.376 e. The lowest BCUT2D eigenvalue weighted by molar-refractivity contribution is -0.0373. The third-order valence-electron chi connectivity index (χ3n) is 3.08. The van der Waals surface area contributed by atoms with Gasteiger partial charge in [-0.3, -0.25) is 11.3 Å². The second-order valence-electron chi connectivity index (χ2n) is 5.65. The van der Waals surface area contributed by atoms with Crippen molar-refractivity contribution in [2.75, 3.05) is 6.61 Å². The van der Waals surface area contributed by atoms with Gasteiger partial charge in [-0.25, -0.2) is 4.39 Å². The molecule has 1 rings (SSSR count). The molecule has 0 spiro atoms. The van der Waals surface area contributed by atoms with Crippen molar-refractivity contribution in [3.05, 3.63) is 33.0 Å². The topological polar surface area (TPSA) is 47.3 Å². The summed E-state index contributed by atoms with van der Waals surface area (Å²) in [5, 5.41) is 0.0481. The lowest BCUT2D eigenvalue weighted by Gasteiger charge is -2.36. The van der Waals surface area contributed by atoms with E-state index >= 15 is 0 Å². The molecule has 0 aliphatic rings. The highest BCUT2D eigenvalue weighted by Gasteiger charge is 2.35. The monoisotopic (exact) mass is 366 g/mol. The van der Waals surface area contributed by atoms with Crippen LogP contribution >= 0.6 is 27.5 Å². The van der Waals surface area contributed by atoms with Crippen molar-refractivity contribution >= 4 is 27.5 Å². The fraction of sp³-hybridized carbons (Fsp3) is 0.571. The molecule has 3 N–H and O–H groups in total. The van der Waals surface area contributed by atoms with Crippen molar-refractivity contribution in [1.82, 2.24) is 5.43 Å². The summed E-state index contributed by atoms with van der Waals surface area (Å²) in [6.07, 6.45) is -0.288. The second-order valence-corrected chi connectivity index (χ2v) is 6.88. The van der Waals surface area contributed by atoms with Gasteiger partial charge in [-0.05, 0) is 34.3 Å². The quantitative estimate of drug-likeness (QED) is 0.466. The van der Waals surface area contributed by atoms with Crippen molar-refractivity contribution in [3.8, 4) is 0 Å². The summed E-state index contributed by atoms with van der Waals surface area (Å²) in [4.78, 5) is 0. The molecule has 6 heteroatoms. The van der Waals surface area contributed by atoms with E-state index in [1.165, 1.54) is 0 Å². The molecule has 0 saturated carbocycles. The van der Waals surface area contributed by atoms with Gasteiger partial charge in [0.25, 0.3) is 0 Å². The van der Waals surface area contributed by atoms with Crippen molar-refractivity contribution in [3.63, 3.8) is 0 Å². The average Bonchev–Trinajstić information content (AvgIpc) is 2.37. The van der Waals surface area contributed by atoms with Crippen LogP contribution in [0.1, 0.15) is 39.3 Å². The first-order valence-electron chi connectivity index (χ1n) is 6.45. The molecule has 0 aliphatic heterocycles. The van der Waals surface area contributed by atoms with Crippen LogP contribution in [-0.4, -0.2) is 12.7 Å². The zero-order valence-corrected chi connectivity index (χ0v) is 14.5. The van der Waals surface area contributed by atoms with E-state index in [1.54, 1.807) is 12.1 Å². The van der Waals surface area contributed by atoms with Gasteiger partial charge in [-0.1, -0.05) is 38.4 Å². The summed E-state index contributed by atoms with van der Waals surface area (Å²) < 4.78 is 20.7. The maximum absolute atomic E-state index is 14.4. The lowest BCUT2D eigenvalue weighted by atomic mass is 9.82. The van der Waals surface area contributed by atoms with E-state index < -0.39 is 11.9 Å². The fourth-order valence-electron chi connectivity index (χ4n) is 2.15. The number of hydrogen-bond donors (Lipinski definition) is 2. The van der Waals surface area contributed by atoms with Gasteiger partial charge in [-0.2, -0.15) is 0 Å². The van der Waals surface area contributed by atoms with Gasteiger partial charge in [0.05, 0.1) is 17.2 Å². The molecule has 0 bridgehead atoms. The van der Waals surface area contributed by atoms with Gasteiger partial charge in [0, 0.05) is 16.6 Å². The van der Waals surface area contributed by atoms with Crippen molar-refractivity contribution in [2.45, 2.75) is 39.8 Å². The third-order valence-corrected chi connectivity index (χ3v) is 4.34. The van der Waals surface area contributed by atoms with Gasteiger partial charge in [0.15, 0.2) is 0 Å². The van der Waals surface area contributed by atoms with Gasteiger partial charge in [0.1, 0.15) is 5.82 Å². The minimum atomic E-state index is -0.488. The number of nitrogens with one attached hydrogen (secondary N) is 1. The summed E-state index contributed by atoms with van der Waals surface area (Å²) in [5.74, 6) is 5.15. The van der Waals surface area contributed by atoms with E-state index in [4.69, 9.17) is 22.2 Å². The minimum absolute atomic E-state index is 0.0481. The molecule has 0 aromatic heterocycles. The van der Waals surface area contributed by atoms with Gasteiger partial charge < -0.3 is 4.74 Å². The molecule has 2 atom stereocenters. The molecule has 2 unspecified atom stereocenters. The molecule has 0 radical (unpaired) electrons. The Morgan fingerprint density at radius 1 is 1.45 bits per heavy atom. The molecule has 3 nitrogen and oxygen atoms in total. The Morgan fingerprint density at radius 3 is 2.50 bits per heavy atom. The van der Waals surface area contributed by atoms with Crippen LogP contribution in [0.4, 0.5) is 4.39 Å². The van der Waals surface area contributed by atoms with Gasteiger partial charge in [0.2, 0.25) is 0 Å². The zero-order chi connectivity index (χ0) is 15.5. The average molecular weight is 368 g/mol. The van der Waals surface area contributed by atoms with Crippen LogP contribution in [0.5, 0.6) is 0 Å². The summed E-state index contributed by atoms with van der Waals surface area (Å²) in [6.45, 7) is 8.49. The maximum Gasteiger partial charge on any atom is 0.147 e. The third kappa shape index (κ3) is 3.92. The molecular formula is C14H21BrClFN2O. The molecule has 20 heavy (non-hydrogen) atoms. The molecule has 114 valence electrons. The number of benzene rings is 1. The number of halogens is 3. The lowest BCUT2D eigenvalue weighted by Crippen LogP contribution is -2.45. The van der Waals surface area contributed by atoms with Crippen LogP contribution in [-0.2, 0) is 4.74 Å². The first-order chi connectivity index (χ1) is 9.23. The van der Waals surface area contributed by atoms with Crippen LogP contribution in [0, 0.1) is 11.2 Å². The smallest absolute Gasteiger partial charge is 0.147 e. The highest BCUT2D eigenvalue weighted by Crippen LogP contribution is 2.36. The Bertz CT molecular complexity index is 465. The number of nitrogens with two attached hydrogens (primary N) is 1. The highest BCUT2D eigenvalue weighted by atomic mass is 79.9. The van der Waals surface area contributed by atoms with Crippen LogP contribution < -0.4 is 11.3 Å². The highest BCUT2D eigenvalue weighted by molar-refractivity contribution is 9.10. The van der Waals surface area contributed by atoms with Crippen molar-refractivity contribution < 1.29 is 9.13 Å². The van der Waals surface area contributed by atoms with E-state index in [2.05, 4.69) is 21.4 Å². The molecule has 1 aromatic carbocycles. The molecule has 1 aromatic rings. The SMILES string of the molecule is CCOC(C(NN)c1ccc(Br)c(Cl)c1F)C(C)(C)C. The van der Waals surface area contributed by atoms with E-state index in [0.29, 0.717) is 16.6 Å². The maximum atomic E-state index is 14.4. The fourth-order valence-corrected chi connectivity index (χ4v) is 2.63. The number of ether oxygens (including phenoxy) is 1. The molecule has 0 heterocycles. The second kappa shape index (κ2) is 7.18. The molecule has 0 saturated heterocycles. The summed E-state index contributed by atoms with van der Waals surface area (Å²) in [5.41, 5.74) is 2.85. The molecular weight excluding hydrogens is 347 g/mol. The Hall–Kier alpha value is -0.200. The van der Waals surface area contributed by atoms with E-state index in [0.717, 1.165) is 0 Å². The molecule has 0 aliphatic carbocycles. The zero-order valence-electron chi connectivity index (χ0n) is 12.1. The van der Waals surface area contributed by atoms with Crippen LogP contribution in [0.2, 0.25) is 5.02 Å². The number of hydrogen-bond acceptors (Lipinski definition) is 3. The van der Waals surface area contributed by atoms with E-state index in [1.807, 2.05) is 27.7 Å². The van der Waals surface area contributed by atoms with Crippen LogP contribution in [0.25, 0.3) is 0 Å². The van der Waals surface area contributed by atoms with Crippen LogP contribution in [0.15, 0.2) is 16.6 Å².